The number of nitrogens with two attached hydrogens (primary N) is 1. The minimum absolute atomic E-state index is 0.0350. The monoisotopic (exact) mass is 297 g/mol. The Morgan fingerprint density at radius 1 is 1.24 bits per heavy atom. The maximum absolute atomic E-state index is 6.46. The Morgan fingerprint density at radius 3 is 2.86 bits per heavy atom. The van der Waals surface area contributed by atoms with E-state index in [-0.39, 0.29) is 6.04 Å². The van der Waals surface area contributed by atoms with Crippen LogP contribution in [0.4, 0.5) is 0 Å². The van der Waals surface area contributed by atoms with E-state index in [9.17, 15) is 0 Å². The fraction of sp³-hybridized carbons (Fsp3) is 0.294. The van der Waals surface area contributed by atoms with Crippen LogP contribution < -0.4 is 5.73 Å². The topological polar surface area (TPSA) is 51.8 Å². The average Bonchev–Trinajstić information content (AvgIpc) is 2.90. The SMILES string of the molecule is CCc1nnc(C)cc1C(N)Cc1csc2ccccc12. The molecule has 0 aliphatic rings. The minimum atomic E-state index is -0.0350. The van der Waals surface area contributed by atoms with Gasteiger partial charge in [0.05, 0.1) is 11.4 Å². The molecule has 0 bridgehead atoms. The molecule has 21 heavy (non-hydrogen) atoms. The van der Waals surface area contributed by atoms with Gasteiger partial charge in [-0.25, -0.2) is 0 Å². The van der Waals surface area contributed by atoms with Crippen LogP contribution in [0.25, 0.3) is 10.1 Å². The second-order valence-electron chi connectivity index (χ2n) is 5.31. The molecule has 4 heteroatoms. The number of fused-ring (bicyclic) bond motifs is 1. The standard InChI is InChI=1S/C17H19N3S/c1-3-16-14(8-11(2)19-20-16)15(18)9-12-10-21-17-7-5-4-6-13(12)17/h4-8,10,15H,3,9,18H2,1-2H3. The first-order chi connectivity index (χ1) is 10.2. The first-order valence-corrected chi connectivity index (χ1v) is 8.10. The molecular weight excluding hydrogens is 278 g/mol. The molecule has 0 saturated heterocycles. The van der Waals surface area contributed by atoms with Gasteiger partial charge in [0.2, 0.25) is 0 Å². The van der Waals surface area contributed by atoms with Crippen molar-refractivity contribution in [3.63, 3.8) is 0 Å². The van der Waals surface area contributed by atoms with Crippen molar-refractivity contribution in [1.82, 2.24) is 10.2 Å². The predicted molar refractivity (Wildman–Crippen MR) is 88.6 cm³/mol. The summed E-state index contributed by atoms with van der Waals surface area (Å²) < 4.78 is 1.32. The predicted octanol–water partition coefficient (Wildman–Crippen LogP) is 3.80. The lowest BCUT2D eigenvalue weighted by molar-refractivity contribution is 0.695. The molecule has 1 unspecified atom stereocenters. The molecule has 0 amide bonds. The molecule has 2 heterocycles. The first-order valence-electron chi connectivity index (χ1n) is 7.22. The van der Waals surface area contributed by atoms with E-state index in [0.29, 0.717) is 0 Å². The van der Waals surface area contributed by atoms with E-state index in [0.717, 1.165) is 29.8 Å². The quantitative estimate of drug-likeness (QED) is 0.797. The highest BCUT2D eigenvalue weighted by Gasteiger charge is 2.15. The molecule has 3 rings (SSSR count). The highest BCUT2D eigenvalue weighted by atomic mass is 32.1. The summed E-state index contributed by atoms with van der Waals surface area (Å²) in [6.45, 7) is 4.05. The van der Waals surface area contributed by atoms with Gasteiger partial charge in [-0.05, 0) is 53.8 Å². The Kier molecular flexibility index (Phi) is 3.99. The normalized spacial score (nSPS) is 12.7. The van der Waals surface area contributed by atoms with E-state index in [4.69, 9.17) is 5.73 Å². The molecule has 108 valence electrons. The van der Waals surface area contributed by atoms with E-state index in [1.807, 2.05) is 6.92 Å². The molecule has 0 aliphatic carbocycles. The first kappa shape index (κ1) is 14.2. The third kappa shape index (κ3) is 2.82. The van der Waals surface area contributed by atoms with Gasteiger partial charge in [0.1, 0.15) is 0 Å². The Bertz CT molecular complexity index is 764. The summed E-state index contributed by atoms with van der Waals surface area (Å²) in [5.74, 6) is 0. The third-order valence-electron chi connectivity index (χ3n) is 3.76. The number of thiophene rings is 1. The van der Waals surface area contributed by atoms with Crippen LogP contribution in [0.3, 0.4) is 0 Å². The van der Waals surface area contributed by atoms with Crippen molar-refractivity contribution in [1.29, 1.82) is 0 Å². The van der Waals surface area contributed by atoms with Crippen LogP contribution >= 0.6 is 11.3 Å². The Labute approximate surface area is 128 Å². The summed E-state index contributed by atoms with van der Waals surface area (Å²) in [6, 6.07) is 10.5. The molecule has 0 radical (unpaired) electrons. The van der Waals surface area contributed by atoms with Crippen molar-refractivity contribution in [3.05, 3.63) is 58.2 Å². The second kappa shape index (κ2) is 5.92. The highest BCUT2D eigenvalue weighted by molar-refractivity contribution is 7.17. The van der Waals surface area contributed by atoms with Crippen LogP contribution in [0.2, 0.25) is 0 Å². The van der Waals surface area contributed by atoms with Crippen molar-refractivity contribution in [2.24, 2.45) is 5.73 Å². The number of hydrogen-bond donors (Lipinski definition) is 1. The Morgan fingerprint density at radius 2 is 2.05 bits per heavy atom. The summed E-state index contributed by atoms with van der Waals surface area (Å²) in [7, 11) is 0. The number of nitrogens with zero attached hydrogens (tertiary/aromatic N) is 2. The van der Waals surface area contributed by atoms with Crippen molar-refractivity contribution in [2.75, 3.05) is 0 Å². The van der Waals surface area contributed by atoms with Crippen LogP contribution in [0.15, 0.2) is 35.7 Å². The van der Waals surface area contributed by atoms with Gasteiger partial charge in [0, 0.05) is 10.7 Å². The number of benzene rings is 1. The van der Waals surface area contributed by atoms with Crippen LogP contribution in [-0.4, -0.2) is 10.2 Å². The molecule has 1 atom stereocenters. The smallest absolute Gasteiger partial charge is 0.0676 e. The zero-order valence-electron chi connectivity index (χ0n) is 12.3. The number of aryl methyl sites for hydroxylation is 2. The van der Waals surface area contributed by atoms with Gasteiger partial charge in [-0.3, -0.25) is 0 Å². The lowest BCUT2D eigenvalue weighted by atomic mass is 9.97. The lowest BCUT2D eigenvalue weighted by Gasteiger charge is -2.15. The zero-order valence-corrected chi connectivity index (χ0v) is 13.2. The minimum Gasteiger partial charge on any atom is -0.324 e. The van der Waals surface area contributed by atoms with E-state index in [1.54, 1.807) is 11.3 Å². The fourth-order valence-electron chi connectivity index (χ4n) is 2.67. The zero-order chi connectivity index (χ0) is 14.8. The molecule has 1 aromatic carbocycles. The Hall–Kier alpha value is -1.78. The van der Waals surface area contributed by atoms with Crippen molar-refractivity contribution < 1.29 is 0 Å². The van der Waals surface area contributed by atoms with Gasteiger partial charge < -0.3 is 5.73 Å². The van der Waals surface area contributed by atoms with Gasteiger partial charge in [-0.1, -0.05) is 25.1 Å². The molecule has 2 aromatic heterocycles. The van der Waals surface area contributed by atoms with Crippen molar-refractivity contribution in [2.45, 2.75) is 32.7 Å². The van der Waals surface area contributed by atoms with Crippen LogP contribution in [0.5, 0.6) is 0 Å². The van der Waals surface area contributed by atoms with E-state index < -0.39 is 0 Å². The number of aromatic nitrogens is 2. The molecule has 0 saturated carbocycles. The third-order valence-corrected chi connectivity index (χ3v) is 4.77. The van der Waals surface area contributed by atoms with Gasteiger partial charge >= 0.3 is 0 Å². The molecule has 3 nitrogen and oxygen atoms in total. The molecule has 0 spiro atoms. The van der Waals surface area contributed by atoms with E-state index in [1.165, 1.54) is 15.6 Å². The summed E-state index contributed by atoms with van der Waals surface area (Å²) in [5, 5.41) is 12.0. The van der Waals surface area contributed by atoms with Crippen LogP contribution in [-0.2, 0) is 12.8 Å². The van der Waals surface area contributed by atoms with Gasteiger partial charge in [-0.15, -0.1) is 11.3 Å². The number of hydrogen-bond acceptors (Lipinski definition) is 4. The van der Waals surface area contributed by atoms with E-state index in [2.05, 4.69) is 52.8 Å². The summed E-state index contributed by atoms with van der Waals surface area (Å²) in [5.41, 5.74) is 10.8. The van der Waals surface area contributed by atoms with Crippen LogP contribution in [0.1, 0.15) is 35.5 Å². The second-order valence-corrected chi connectivity index (χ2v) is 6.22. The van der Waals surface area contributed by atoms with E-state index >= 15 is 0 Å². The molecule has 0 aliphatic heterocycles. The lowest BCUT2D eigenvalue weighted by Crippen LogP contribution is -2.17. The van der Waals surface area contributed by atoms with Gasteiger partial charge in [0.25, 0.3) is 0 Å². The number of rotatable bonds is 4. The van der Waals surface area contributed by atoms with Gasteiger partial charge in [0.15, 0.2) is 0 Å². The molecule has 2 N–H and O–H groups in total. The van der Waals surface area contributed by atoms with Crippen molar-refractivity contribution >= 4 is 21.4 Å². The van der Waals surface area contributed by atoms with Gasteiger partial charge in [-0.2, -0.15) is 10.2 Å². The Balaban J connectivity index is 1.93. The molecular formula is C17H19N3S. The maximum atomic E-state index is 6.46. The maximum Gasteiger partial charge on any atom is 0.0676 e. The molecule has 3 aromatic rings. The van der Waals surface area contributed by atoms with Crippen LogP contribution in [0, 0.1) is 6.92 Å². The average molecular weight is 297 g/mol. The summed E-state index contributed by atoms with van der Waals surface area (Å²) in [4.78, 5) is 0. The summed E-state index contributed by atoms with van der Waals surface area (Å²) in [6.07, 6.45) is 1.70. The molecule has 0 fully saturated rings. The van der Waals surface area contributed by atoms with Crippen molar-refractivity contribution in [3.8, 4) is 0 Å². The fourth-order valence-corrected chi connectivity index (χ4v) is 3.64. The summed E-state index contributed by atoms with van der Waals surface area (Å²) >= 11 is 1.78. The highest BCUT2D eigenvalue weighted by Crippen LogP contribution is 2.29. The largest absolute Gasteiger partial charge is 0.324 e.